The van der Waals surface area contributed by atoms with Crippen LogP contribution in [0.3, 0.4) is 0 Å². The van der Waals surface area contributed by atoms with Crippen LogP contribution in [-0.4, -0.2) is 45.8 Å². The van der Waals surface area contributed by atoms with E-state index in [1.807, 2.05) is 12.1 Å². The van der Waals surface area contributed by atoms with Crippen LogP contribution in [0.15, 0.2) is 46.8 Å². The number of rotatable bonds is 8. The van der Waals surface area contributed by atoms with Gasteiger partial charge in [0.2, 0.25) is 0 Å². The van der Waals surface area contributed by atoms with Gasteiger partial charge in [0.15, 0.2) is 5.96 Å². The van der Waals surface area contributed by atoms with Crippen molar-refractivity contribution < 1.29 is 4.74 Å². The van der Waals surface area contributed by atoms with Gasteiger partial charge in [0, 0.05) is 37.6 Å². The first kappa shape index (κ1) is 19.5. The van der Waals surface area contributed by atoms with Crippen molar-refractivity contribution in [3.05, 3.63) is 46.7 Å². The molecule has 1 aromatic carbocycles. The standard InChI is InChI=1S/C21H30N4OS/c1-3-22-21(23-12-10-18-7-6-14-27-18)24-15-17-11-13-25(16-17)19-8-4-5-9-20(19)26-2/h4-9,14,17H,3,10-13,15-16H2,1-2H3,(H2,22,23,24). The molecule has 1 aliphatic heterocycles. The number of aliphatic imine (C=N–C) groups is 1. The van der Waals surface area contributed by atoms with E-state index >= 15 is 0 Å². The Labute approximate surface area is 166 Å². The summed E-state index contributed by atoms with van der Waals surface area (Å²) in [6, 6.07) is 12.5. The predicted molar refractivity (Wildman–Crippen MR) is 115 cm³/mol. The Morgan fingerprint density at radius 3 is 2.93 bits per heavy atom. The number of guanidine groups is 1. The Morgan fingerprint density at radius 1 is 1.26 bits per heavy atom. The Morgan fingerprint density at radius 2 is 2.15 bits per heavy atom. The number of benzene rings is 1. The van der Waals surface area contributed by atoms with Gasteiger partial charge in [-0.2, -0.15) is 0 Å². The Bertz CT molecular complexity index is 717. The number of hydrogen-bond donors (Lipinski definition) is 2. The van der Waals surface area contributed by atoms with Crippen molar-refractivity contribution in [2.24, 2.45) is 10.9 Å². The molecule has 0 spiro atoms. The zero-order valence-electron chi connectivity index (χ0n) is 16.3. The highest BCUT2D eigenvalue weighted by Gasteiger charge is 2.24. The van der Waals surface area contributed by atoms with Crippen molar-refractivity contribution in [3.8, 4) is 5.75 Å². The number of methoxy groups -OCH3 is 1. The molecule has 0 aliphatic carbocycles. The zero-order chi connectivity index (χ0) is 18.9. The van der Waals surface area contributed by atoms with Crippen molar-refractivity contribution in [3.63, 3.8) is 0 Å². The molecule has 1 saturated heterocycles. The van der Waals surface area contributed by atoms with Crippen molar-refractivity contribution >= 4 is 23.0 Å². The van der Waals surface area contributed by atoms with E-state index in [0.717, 1.165) is 57.3 Å². The maximum absolute atomic E-state index is 5.51. The summed E-state index contributed by atoms with van der Waals surface area (Å²) in [7, 11) is 1.74. The monoisotopic (exact) mass is 386 g/mol. The first-order valence-electron chi connectivity index (χ1n) is 9.72. The van der Waals surface area contributed by atoms with E-state index in [9.17, 15) is 0 Å². The van der Waals surface area contributed by atoms with Crippen LogP contribution in [-0.2, 0) is 6.42 Å². The molecule has 0 amide bonds. The molecule has 0 radical (unpaired) electrons. The minimum absolute atomic E-state index is 0.572. The zero-order valence-corrected chi connectivity index (χ0v) is 17.1. The van der Waals surface area contributed by atoms with Gasteiger partial charge in [-0.15, -0.1) is 11.3 Å². The molecule has 1 aliphatic rings. The summed E-state index contributed by atoms with van der Waals surface area (Å²) < 4.78 is 5.51. The molecule has 0 saturated carbocycles. The molecular weight excluding hydrogens is 356 g/mol. The molecule has 1 fully saturated rings. The molecule has 6 heteroatoms. The van der Waals surface area contributed by atoms with Gasteiger partial charge in [-0.25, -0.2) is 0 Å². The average molecular weight is 387 g/mol. The molecule has 146 valence electrons. The molecule has 3 rings (SSSR count). The number of nitrogens with zero attached hydrogens (tertiary/aromatic N) is 2. The van der Waals surface area contributed by atoms with Gasteiger partial charge in [0.1, 0.15) is 5.75 Å². The normalized spacial score (nSPS) is 17.2. The summed E-state index contributed by atoms with van der Waals surface area (Å²) in [5, 5.41) is 8.94. The van der Waals surface area contributed by atoms with Crippen molar-refractivity contribution in [2.45, 2.75) is 19.8 Å². The SMILES string of the molecule is CCNC(=NCC1CCN(c2ccccc2OC)C1)NCCc1cccs1. The highest BCUT2D eigenvalue weighted by molar-refractivity contribution is 7.09. The summed E-state index contributed by atoms with van der Waals surface area (Å²) in [6.07, 6.45) is 2.20. The largest absolute Gasteiger partial charge is 0.495 e. The lowest BCUT2D eigenvalue weighted by Gasteiger charge is -2.21. The number of ether oxygens (including phenoxy) is 1. The molecule has 2 N–H and O–H groups in total. The van der Waals surface area contributed by atoms with E-state index in [1.165, 1.54) is 10.6 Å². The lowest BCUT2D eigenvalue weighted by molar-refractivity contribution is 0.414. The van der Waals surface area contributed by atoms with Crippen LogP contribution in [0.4, 0.5) is 5.69 Å². The van der Waals surface area contributed by atoms with Gasteiger partial charge in [-0.1, -0.05) is 18.2 Å². The fraction of sp³-hybridized carbons (Fsp3) is 0.476. The number of thiophene rings is 1. The van der Waals surface area contributed by atoms with Crippen LogP contribution in [0.1, 0.15) is 18.2 Å². The van der Waals surface area contributed by atoms with Crippen molar-refractivity contribution in [2.75, 3.05) is 44.7 Å². The molecule has 27 heavy (non-hydrogen) atoms. The third-order valence-corrected chi connectivity index (χ3v) is 5.74. The Hall–Kier alpha value is -2.21. The first-order chi connectivity index (χ1) is 13.3. The smallest absolute Gasteiger partial charge is 0.191 e. The molecule has 5 nitrogen and oxygen atoms in total. The van der Waals surface area contributed by atoms with Crippen molar-refractivity contribution in [1.82, 2.24) is 10.6 Å². The molecule has 2 heterocycles. The van der Waals surface area contributed by atoms with Gasteiger partial charge in [0.25, 0.3) is 0 Å². The van der Waals surface area contributed by atoms with E-state index in [-0.39, 0.29) is 0 Å². The topological polar surface area (TPSA) is 48.9 Å². The van der Waals surface area contributed by atoms with Gasteiger partial charge in [0.05, 0.1) is 12.8 Å². The number of anilines is 1. The molecule has 1 unspecified atom stereocenters. The second-order valence-electron chi connectivity index (χ2n) is 6.75. The van der Waals surface area contributed by atoms with E-state index in [2.05, 4.69) is 52.1 Å². The maximum atomic E-state index is 5.51. The van der Waals surface area contributed by atoms with Crippen LogP contribution in [0.2, 0.25) is 0 Å². The van der Waals surface area contributed by atoms with Crippen LogP contribution in [0, 0.1) is 5.92 Å². The number of hydrogen-bond acceptors (Lipinski definition) is 4. The van der Waals surface area contributed by atoms with Gasteiger partial charge < -0.3 is 20.3 Å². The summed E-state index contributed by atoms with van der Waals surface area (Å²) >= 11 is 1.81. The maximum Gasteiger partial charge on any atom is 0.191 e. The number of nitrogens with one attached hydrogen (secondary N) is 2. The summed E-state index contributed by atoms with van der Waals surface area (Å²) in [4.78, 5) is 8.64. The molecule has 1 atom stereocenters. The predicted octanol–water partition coefficient (Wildman–Crippen LogP) is 3.38. The third-order valence-electron chi connectivity index (χ3n) is 4.81. The fourth-order valence-electron chi connectivity index (χ4n) is 3.41. The van der Waals surface area contributed by atoms with Crippen LogP contribution >= 0.6 is 11.3 Å². The molecule has 0 bridgehead atoms. The summed E-state index contributed by atoms with van der Waals surface area (Å²) in [5.74, 6) is 2.44. The highest BCUT2D eigenvalue weighted by Crippen LogP contribution is 2.31. The van der Waals surface area contributed by atoms with Gasteiger partial charge >= 0.3 is 0 Å². The molecule has 1 aromatic heterocycles. The summed E-state index contributed by atoms with van der Waals surface area (Å²) in [6.45, 7) is 6.82. The van der Waals surface area contributed by atoms with E-state index in [0.29, 0.717) is 5.92 Å². The molecule has 2 aromatic rings. The lowest BCUT2D eigenvalue weighted by atomic mass is 10.1. The minimum atomic E-state index is 0.572. The van der Waals surface area contributed by atoms with E-state index in [4.69, 9.17) is 9.73 Å². The molecular formula is C21H30N4OS. The Kier molecular flexibility index (Phi) is 7.39. The lowest BCUT2D eigenvalue weighted by Crippen LogP contribution is -2.38. The first-order valence-corrected chi connectivity index (χ1v) is 10.6. The van der Waals surface area contributed by atoms with Crippen molar-refractivity contribution in [1.29, 1.82) is 0 Å². The van der Waals surface area contributed by atoms with Gasteiger partial charge in [-0.05, 0) is 49.3 Å². The number of para-hydroxylation sites is 2. The van der Waals surface area contributed by atoms with Gasteiger partial charge in [-0.3, -0.25) is 4.99 Å². The summed E-state index contributed by atoms with van der Waals surface area (Å²) in [5.41, 5.74) is 1.19. The van der Waals surface area contributed by atoms with E-state index < -0.39 is 0 Å². The average Bonchev–Trinajstić information content (AvgIpc) is 3.38. The minimum Gasteiger partial charge on any atom is -0.495 e. The van der Waals surface area contributed by atoms with Crippen LogP contribution < -0.4 is 20.3 Å². The third kappa shape index (κ3) is 5.63. The second kappa shape index (κ2) is 10.2. The van der Waals surface area contributed by atoms with Crippen LogP contribution in [0.5, 0.6) is 5.75 Å². The second-order valence-corrected chi connectivity index (χ2v) is 7.78. The fourth-order valence-corrected chi connectivity index (χ4v) is 4.12. The van der Waals surface area contributed by atoms with E-state index in [1.54, 1.807) is 18.4 Å². The highest BCUT2D eigenvalue weighted by atomic mass is 32.1. The quantitative estimate of drug-likeness (QED) is 0.539. The Balaban J connectivity index is 1.50. The van der Waals surface area contributed by atoms with Crippen LogP contribution in [0.25, 0.3) is 0 Å².